The van der Waals surface area contributed by atoms with Crippen molar-refractivity contribution < 1.29 is 13.3 Å². The average molecular weight is 169 g/mol. The van der Waals surface area contributed by atoms with Crippen molar-refractivity contribution in [3.05, 3.63) is 0 Å². The highest BCUT2D eigenvalue weighted by Crippen LogP contribution is 2.42. The minimum atomic E-state index is -2.96. The molecule has 0 radical (unpaired) electrons. The molecule has 0 aromatic heterocycles. The van der Waals surface area contributed by atoms with Gasteiger partial charge in [0.1, 0.15) is 0 Å². The molecule has 0 unspecified atom stereocenters. The first-order valence-electron chi connectivity index (χ1n) is 3.00. The monoisotopic (exact) mass is 169 g/mol. The Labute approximate surface area is 63.5 Å². The van der Waals surface area contributed by atoms with Gasteiger partial charge >= 0.3 is 0 Å². The molecular formula is C5H15NO3S. The van der Waals surface area contributed by atoms with E-state index in [2.05, 4.69) is 0 Å². The minimum absolute atomic E-state index is 0.174. The first kappa shape index (κ1) is 10.2. The zero-order valence-corrected chi connectivity index (χ0v) is 7.55. The van der Waals surface area contributed by atoms with E-state index >= 15 is 0 Å². The van der Waals surface area contributed by atoms with Gasteiger partial charge in [0.2, 0.25) is 0 Å². The van der Waals surface area contributed by atoms with Crippen LogP contribution in [0.1, 0.15) is 13.8 Å². The standard InChI is InChI=1S/C5H15NO3S/c1-5(2)9-10(7,8)6(3)4/h5,7-8H,1-4H3. The van der Waals surface area contributed by atoms with Crippen molar-refractivity contribution in [2.24, 2.45) is 0 Å². The first-order valence-corrected chi connectivity index (χ1v) is 4.43. The van der Waals surface area contributed by atoms with Crippen LogP contribution in [0.15, 0.2) is 0 Å². The van der Waals surface area contributed by atoms with Gasteiger partial charge in [-0.05, 0) is 13.8 Å². The summed E-state index contributed by atoms with van der Waals surface area (Å²) in [6.45, 7) is 3.50. The maximum absolute atomic E-state index is 9.10. The molecule has 0 aromatic rings. The van der Waals surface area contributed by atoms with Crippen LogP contribution >= 0.6 is 11.1 Å². The molecule has 0 fully saturated rings. The largest absolute Gasteiger partial charge is 0.296 e. The highest BCUT2D eigenvalue weighted by atomic mass is 32.3. The van der Waals surface area contributed by atoms with E-state index in [-0.39, 0.29) is 6.10 Å². The summed E-state index contributed by atoms with van der Waals surface area (Å²) in [5.74, 6) is 0. The summed E-state index contributed by atoms with van der Waals surface area (Å²) in [6.07, 6.45) is -0.174. The van der Waals surface area contributed by atoms with Gasteiger partial charge in [0.05, 0.1) is 6.10 Å². The summed E-state index contributed by atoms with van der Waals surface area (Å²) >= 11 is -2.96. The molecule has 5 heteroatoms. The molecule has 2 N–H and O–H groups in total. The number of nitrogens with zero attached hydrogens (tertiary/aromatic N) is 1. The average Bonchev–Trinajstić information content (AvgIpc) is 1.60. The van der Waals surface area contributed by atoms with Crippen LogP contribution in [0.3, 0.4) is 0 Å². The molecule has 0 bridgehead atoms. The summed E-state index contributed by atoms with van der Waals surface area (Å²) < 4.78 is 24.3. The SMILES string of the molecule is CC(C)OS(O)(O)N(C)C. The van der Waals surface area contributed by atoms with E-state index < -0.39 is 11.1 Å². The maximum atomic E-state index is 9.10. The quantitative estimate of drug-likeness (QED) is 0.673. The molecule has 0 saturated carbocycles. The summed E-state index contributed by atoms with van der Waals surface area (Å²) in [7, 11) is 3.11. The van der Waals surface area contributed by atoms with Crippen molar-refractivity contribution in [3.8, 4) is 0 Å². The molecule has 0 saturated heterocycles. The van der Waals surface area contributed by atoms with Crippen molar-refractivity contribution >= 4 is 11.1 Å². The van der Waals surface area contributed by atoms with Gasteiger partial charge in [-0.15, -0.1) is 0 Å². The molecule has 4 nitrogen and oxygen atoms in total. The lowest BCUT2D eigenvalue weighted by Crippen LogP contribution is -2.23. The molecule has 0 atom stereocenters. The van der Waals surface area contributed by atoms with Crippen molar-refractivity contribution in [1.29, 1.82) is 0 Å². The summed E-state index contributed by atoms with van der Waals surface area (Å²) in [5.41, 5.74) is 0. The molecule has 0 heterocycles. The Hall–Kier alpha value is 0.190. The molecule has 0 aromatic carbocycles. The van der Waals surface area contributed by atoms with Crippen molar-refractivity contribution in [3.63, 3.8) is 0 Å². The second kappa shape index (κ2) is 3.54. The Balaban J connectivity index is 3.87. The lowest BCUT2D eigenvalue weighted by atomic mass is 10.5. The molecule has 0 aliphatic carbocycles. The smallest absolute Gasteiger partial charge is 0.157 e. The van der Waals surface area contributed by atoms with E-state index in [9.17, 15) is 0 Å². The van der Waals surface area contributed by atoms with Gasteiger partial charge in [-0.25, -0.2) is 4.31 Å². The normalized spacial score (nSPS) is 14.8. The van der Waals surface area contributed by atoms with Gasteiger partial charge < -0.3 is 0 Å². The zero-order chi connectivity index (χ0) is 8.36. The van der Waals surface area contributed by atoms with Crippen molar-refractivity contribution in [2.75, 3.05) is 14.1 Å². The molecule has 0 rings (SSSR count). The van der Waals surface area contributed by atoms with E-state index in [4.69, 9.17) is 13.3 Å². The second-order valence-electron chi connectivity index (χ2n) is 2.43. The van der Waals surface area contributed by atoms with Gasteiger partial charge in [0, 0.05) is 14.1 Å². The Morgan fingerprint density at radius 2 is 1.70 bits per heavy atom. The predicted molar refractivity (Wildman–Crippen MR) is 42.8 cm³/mol. The zero-order valence-electron chi connectivity index (χ0n) is 6.74. The van der Waals surface area contributed by atoms with Gasteiger partial charge in [-0.1, -0.05) is 0 Å². The van der Waals surface area contributed by atoms with Crippen LogP contribution in [-0.2, 0) is 4.18 Å². The van der Waals surface area contributed by atoms with Gasteiger partial charge in [-0.3, -0.25) is 13.3 Å². The molecular weight excluding hydrogens is 154 g/mol. The van der Waals surface area contributed by atoms with Gasteiger partial charge in [0.15, 0.2) is 11.1 Å². The Morgan fingerprint density at radius 1 is 1.30 bits per heavy atom. The van der Waals surface area contributed by atoms with Crippen LogP contribution in [0, 0.1) is 0 Å². The third-order valence-corrected chi connectivity index (χ3v) is 2.39. The lowest BCUT2D eigenvalue weighted by Gasteiger charge is -2.33. The molecule has 0 amide bonds. The highest BCUT2D eigenvalue weighted by molar-refractivity contribution is 8.18. The Bertz CT molecular complexity index is 105. The van der Waals surface area contributed by atoms with Crippen LogP contribution in [-0.4, -0.2) is 33.6 Å². The van der Waals surface area contributed by atoms with Crippen LogP contribution in [0.4, 0.5) is 0 Å². The van der Waals surface area contributed by atoms with Gasteiger partial charge in [-0.2, -0.15) is 0 Å². The molecule has 10 heavy (non-hydrogen) atoms. The first-order chi connectivity index (χ1) is 4.36. The molecule has 0 aliphatic rings. The van der Waals surface area contributed by atoms with Crippen LogP contribution < -0.4 is 0 Å². The number of hydrogen-bond donors (Lipinski definition) is 2. The fraction of sp³-hybridized carbons (Fsp3) is 1.00. The summed E-state index contributed by atoms with van der Waals surface area (Å²) in [4.78, 5) is 0. The lowest BCUT2D eigenvalue weighted by molar-refractivity contribution is 0.181. The minimum Gasteiger partial charge on any atom is -0.296 e. The van der Waals surface area contributed by atoms with Crippen molar-refractivity contribution in [2.45, 2.75) is 20.0 Å². The molecule has 0 spiro atoms. The summed E-state index contributed by atoms with van der Waals surface area (Å²) in [6, 6.07) is 0. The highest BCUT2D eigenvalue weighted by Gasteiger charge is 2.21. The van der Waals surface area contributed by atoms with E-state index in [1.54, 1.807) is 27.9 Å². The predicted octanol–water partition coefficient (Wildman–Crippen LogP) is 1.55. The van der Waals surface area contributed by atoms with Gasteiger partial charge in [0.25, 0.3) is 0 Å². The molecule has 64 valence electrons. The van der Waals surface area contributed by atoms with E-state index in [0.29, 0.717) is 0 Å². The van der Waals surface area contributed by atoms with Crippen LogP contribution in [0.5, 0.6) is 0 Å². The third-order valence-electron chi connectivity index (χ3n) is 0.797. The second-order valence-corrected chi connectivity index (χ2v) is 4.29. The van der Waals surface area contributed by atoms with E-state index in [1.807, 2.05) is 0 Å². The number of hydrogen-bond acceptors (Lipinski definition) is 4. The van der Waals surface area contributed by atoms with Crippen LogP contribution in [0.25, 0.3) is 0 Å². The van der Waals surface area contributed by atoms with Crippen LogP contribution in [0.2, 0.25) is 0 Å². The third kappa shape index (κ3) is 3.38. The topological polar surface area (TPSA) is 52.9 Å². The van der Waals surface area contributed by atoms with Crippen molar-refractivity contribution in [1.82, 2.24) is 4.31 Å². The molecule has 0 aliphatic heterocycles. The number of rotatable bonds is 3. The van der Waals surface area contributed by atoms with E-state index in [0.717, 1.165) is 0 Å². The summed E-state index contributed by atoms with van der Waals surface area (Å²) in [5, 5.41) is 0. The maximum Gasteiger partial charge on any atom is 0.157 e. The van der Waals surface area contributed by atoms with E-state index in [1.165, 1.54) is 4.31 Å². The fourth-order valence-corrected chi connectivity index (χ4v) is 1.03. The Morgan fingerprint density at radius 3 is 1.80 bits per heavy atom. The fourth-order valence-electron chi connectivity index (χ4n) is 0.344. The Kier molecular flexibility index (Phi) is 3.61.